The molecule has 1 fully saturated rings. The normalized spacial score (nSPS) is 37.1. The highest BCUT2D eigenvalue weighted by atomic mass is 32.1. The second kappa shape index (κ2) is 4.56. The number of hydrogen-bond acceptors (Lipinski definition) is 2. The fraction of sp³-hybridized carbons (Fsp3) is 1.00. The molecule has 0 spiro atoms. The van der Waals surface area contributed by atoms with Gasteiger partial charge in [-0.15, -0.1) is 0 Å². The largest absolute Gasteiger partial charge is 0.176 e. The molecule has 0 bridgehead atoms. The molecule has 1 aliphatic rings. The van der Waals surface area contributed by atoms with Gasteiger partial charge in [-0.1, -0.05) is 40.4 Å². The third-order valence-electron chi connectivity index (χ3n) is 3.87. The van der Waals surface area contributed by atoms with Crippen LogP contribution in [0.1, 0.15) is 34.6 Å². The molecule has 0 N–H and O–H groups in total. The van der Waals surface area contributed by atoms with Gasteiger partial charge in [-0.05, 0) is 23.7 Å². The van der Waals surface area contributed by atoms with E-state index in [9.17, 15) is 0 Å². The van der Waals surface area contributed by atoms with Crippen LogP contribution in [0.25, 0.3) is 0 Å². The van der Waals surface area contributed by atoms with Crippen molar-refractivity contribution in [1.29, 1.82) is 0 Å². The predicted molar refractivity (Wildman–Crippen MR) is 76.3 cm³/mol. The highest BCUT2D eigenvalue weighted by Crippen LogP contribution is 2.60. The molecule has 1 rings (SSSR count). The first-order chi connectivity index (χ1) is 6.68. The minimum absolute atomic E-state index is 0.111. The van der Waals surface area contributed by atoms with Gasteiger partial charge in [0.1, 0.15) is 0 Å². The molecule has 0 amide bonds. The van der Waals surface area contributed by atoms with Crippen LogP contribution in [0.4, 0.5) is 0 Å². The molecule has 2 radical (unpaired) electrons. The Labute approximate surface area is 107 Å². The van der Waals surface area contributed by atoms with Gasteiger partial charge in [0.2, 0.25) is 0 Å². The summed E-state index contributed by atoms with van der Waals surface area (Å²) < 4.78 is 0.111. The lowest BCUT2D eigenvalue weighted by atomic mass is 9.73. The average Bonchev–Trinajstić information content (AvgIpc) is 2.58. The molecule has 1 aliphatic carbocycles. The summed E-state index contributed by atoms with van der Waals surface area (Å²) in [6.07, 6.45) is 0. The quantitative estimate of drug-likeness (QED) is 0.547. The van der Waals surface area contributed by atoms with Crippen LogP contribution in [0.5, 0.6) is 0 Å². The van der Waals surface area contributed by atoms with Gasteiger partial charge in [-0.2, -0.15) is 25.3 Å². The highest BCUT2D eigenvalue weighted by Gasteiger charge is 2.57. The van der Waals surface area contributed by atoms with E-state index in [1.165, 1.54) is 0 Å². The molecular weight excluding hydrogens is 219 g/mol. The lowest BCUT2D eigenvalue weighted by Crippen LogP contribution is -2.24. The Morgan fingerprint density at radius 1 is 1.27 bits per heavy atom. The first kappa shape index (κ1) is 13.8. The van der Waals surface area contributed by atoms with Crippen LogP contribution in [-0.2, 0) is 0 Å². The van der Waals surface area contributed by atoms with Gasteiger partial charge < -0.3 is 0 Å². The van der Waals surface area contributed by atoms with Crippen LogP contribution < -0.4 is 0 Å². The van der Waals surface area contributed by atoms with Crippen molar-refractivity contribution in [3.63, 3.8) is 0 Å². The SMILES string of the molecule is [B]C(C)C(C(C)S)C1C(C)C1C(C)(C)S. The molecule has 1 saturated carbocycles. The van der Waals surface area contributed by atoms with Gasteiger partial charge in [-0.3, -0.25) is 0 Å². The Hall–Kier alpha value is 0.765. The molecule has 6 unspecified atom stereocenters. The first-order valence-electron chi connectivity index (χ1n) is 5.84. The van der Waals surface area contributed by atoms with Crippen LogP contribution >= 0.6 is 25.3 Å². The summed E-state index contributed by atoms with van der Waals surface area (Å²) in [6.45, 7) is 11.0. The van der Waals surface area contributed by atoms with Crippen molar-refractivity contribution in [3.8, 4) is 0 Å². The van der Waals surface area contributed by atoms with Crippen molar-refractivity contribution in [2.24, 2.45) is 23.7 Å². The van der Waals surface area contributed by atoms with E-state index in [1.54, 1.807) is 0 Å². The highest BCUT2D eigenvalue weighted by molar-refractivity contribution is 7.81. The summed E-state index contributed by atoms with van der Waals surface area (Å²) in [5.41, 5.74) is 0. The number of rotatable bonds is 4. The van der Waals surface area contributed by atoms with E-state index in [2.05, 4.69) is 47.2 Å². The summed E-state index contributed by atoms with van der Waals surface area (Å²) >= 11 is 9.28. The van der Waals surface area contributed by atoms with Crippen LogP contribution in [-0.4, -0.2) is 17.8 Å². The molecule has 6 atom stereocenters. The molecule has 86 valence electrons. The van der Waals surface area contributed by atoms with Gasteiger partial charge in [0.15, 0.2) is 0 Å². The van der Waals surface area contributed by atoms with Crippen molar-refractivity contribution in [2.45, 2.75) is 50.4 Å². The molecule has 15 heavy (non-hydrogen) atoms. The Kier molecular flexibility index (Phi) is 4.21. The minimum Gasteiger partial charge on any atom is -0.176 e. The van der Waals surface area contributed by atoms with Gasteiger partial charge in [-0.25, -0.2) is 0 Å². The van der Waals surface area contributed by atoms with E-state index in [-0.39, 0.29) is 10.6 Å². The molecule has 0 aromatic carbocycles. The lowest BCUT2D eigenvalue weighted by molar-refractivity contribution is 0.396. The Morgan fingerprint density at radius 3 is 1.93 bits per heavy atom. The van der Waals surface area contributed by atoms with Crippen LogP contribution in [0.2, 0.25) is 5.82 Å². The molecule has 3 heteroatoms. The maximum absolute atomic E-state index is 6.07. The summed E-state index contributed by atoms with van der Waals surface area (Å²) in [6, 6.07) is 0. The van der Waals surface area contributed by atoms with Gasteiger partial charge in [0, 0.05) is 10.00 Å². The van der Waals surface area contributed by atoms with Gasteiger partial charge >= 0.3 is 0 Å². The van der Waals surface area contributed by atoms with Crippen molar-refractivity contribution < 1.29 is 0 Å². The molecule has 0 aromatic heterocycles. The Bertz CT molecular complexity index is 212. The van der Waals surface area contributed by atoms with Crippen LogP contribution in [0.3, 0.4) is 0 Å². The molecule has 0 saturated heterocycles. The fourth-order valence-corrected chi connectivity index (χ4v) is 4.19. The van der Waals surface area contributed by atoms with Crippen LogP contribution in [0, 0.1) is 23.7 Å². The van der Waals surface area contributed by atoms with E-state index in [0.717, 1.165) is 5.92 Å². The van der Waals surface area contributed by atoms with Crippen molar-refractivity contribution in [1.82, 2.24) is 0 Å². The van der Waals surface area contributed by atoms with E-state index >= 15 is 0 Å². The first-order valence-corrected chi connectivity index (χ1v) is 6.80. The topological polar surface area (TPSA) is 0 Å². The zero-order valence-corrected chi connectivity index (χ0v) is 12.2. The third kappa shape index (κ3) is 2.91. The lowest BCUT2D eigenvalue weighted by Gasteiger charge is -2.27. The van der Waals surface area contributed by atoms with Crippen molar-refractivity contribution in [3.05, 3.63) is 0 Å². The van der Waals surface area contributed by atoms with Crippen molar-refractivity contribution in [2.75, 3.05) is 0 Å². The van der Waals surface area contributed by atoms with Crippen LogP contribution in [0.15, 0.2) is 0 Å². The summed E-state index contributed by atoms with van der Waals surface area (Å²) in [7, 11) is 6.07. The standard InChI is InChI=1S/C12H23BS2/c1-6-9(11(6)12(4,5)15)10(7(2)13)8(3)14/h6-11,14-15H,1-5H3. The van der Waals surface area contributed by atoms with Crippen molar-refractivity contribution >= 4 is 33.1 Å². The summed E-state index contributed by atoms with van der Waals surface area (Å²) in [5, 5.41) is 0.373. The second-order valence-electron chi connectivity index (χ2n) is 5.79. The summed E-state index contributed by atoms with van der Waals surface area (Å²) in [5.74, 6) is 2.87. The maximum atomic E-state index is 6.07. The summed E-state index contributed by atoms with van der Waals surface area (Å²) in [4.78, 5) is 0. The Balaban J connectivity index is 2.74. The minimum atomic E-state index is 0.111. The fourth-order valence-electron chi connectivity index (χ4n) is 3.31. The van der Waals surface area contributed by atoms with Gasteiger partial charge in [0.05, 0.1) is 7.85 Å². The smallest absolute Gasteiger partial charge is 0.0700 e. The zero-order valence-electron chi connectivity index (χ0n) is 10.4. The zero-order chi connectivity index (χ0) is 12.0. The molecule has 0 aromatic rings. The number of hydrogen-bond donors (Lipinski definition) is 2. The maximum Gasteiger partial charge on any atom is 0.0700 e. The van der Waals surface area contributed by atoms with E-state index in [1.807, 2.05) is 0 Å². The van der Waals surface area contributed by atoms with E-state index in [0.29, 0.717) is 23.0 Å². The van der Waals surface area contributed by atoms with E-state index < -0.39 is 0 Å². The molecule has 0 nitrogen and oxygen atoms in total. The average molecular weight is 242 g/mol. The number of thiol groups is 2. The molecule has 0 heterocycles. The van der Waals surface area contributed by atoms with Gasteiger partial charge in [0.25, 0.3) is 0 Å². The Morgan fingerprint density at radius 2 is 1.73 bits per heavy atom. The third-order valence-corrected chi connectivity index (χ3v) is 4.51. The molecular formula is C12H23BS2. The predicted octanol–water partition coefficient (Wildman–Crippen LogP) is 3.49. The van der Waals surface area contributed by atoms with E-state index in [4.69, 9.17) is 20.5 Å². The molecule has 0 aliphatic heterocycles. The second-order valence-corrected chi connectivity index (χ2v) is 7.76. The monoisotopic (exact) mass is 242 g/mol.